The van der Waals surface area contributed by atoms with Gasteiger partial charge in [0.05, 0.1) is 10.7 Å². The third kappa shape index (κ3) is 5.35. The summed E-state index contributed by atoms with van der Waals surface area (Å²) in [6.45, 7) is 1.04. The highest BCUT2D eigenvalue weighted by Crippen LogP contribution is 2.31. The Morgan fingerprint density at radius 2 is 1.88 bits per heavy atom. The molecule has 0 spiro atoms. The number of nitrogens with zero attached hydrogens (tertiary/aromatic N) is 3. The van der Waals surface area contributed by atoms with Crippen molar-refractivity contribution < 1.29 is 14.0 Å². The summed E-state index contributed by atoms with van der Waals surface area (Å²) in [5, 5.41) is 15.4. The standard InChI is InChI=1S/C21H18Cl2FN5O2S/c22-13-3-8-16(23)17(10-13)26-21(31)29-9-1-2-12(11-29)19-27-28-20(32-19)18(30)25-15-6-4-14(24)5-7-15/h3-8,10,12H,1-2,9,11H2,(H,25,30)(H,26,31)/t12-/m1/s1. The van der Waals surface area contributed by atoms with Crippen LogP contribution in [0.5, 0.6) is 0 Å². The van der Waals surface area contributed by atoms with Crippen LogP contribution in [0.3, 0.4) is 0 Å². The summed E-state index contributed by atoms with van der Waals surface area (Å²) in [5.41, 5.74) is 0.912. The fourth-order valence-electron chi connectivity index (χ4n) is 3.36. The summed E-state index contributed by atoms with van der Waals surface area (Å²) in [7, 11) is 0. The highest BCUT2D eigenvalue weighted by molar-refractivity contribution is 7.13. The molecular formula is C21H18Cl2FN5O2S. The van der Waals surface area contributed by atoms with Crippen LogP contribution in [-0.4, -0.2) is 40.1 Å². The Morgan fingerprint density at radius 1 is 1.09 bits per heavy atom. The average molecular weight is 494 g/mol. The fraction of sp³-hybridized carbons (Fsp3) is 0.238. The normalized spacial score (nSPS) is 16.0. The average Bonchev–Trinajstić information content (AvgIpc) is 3.28. The number of nitrogens with one attached hydrogen (secondary N) is 2. The third-order valence-electron chi connectivity index (χ3n) is 4.96. The van der Waals surface area contributed by atoms with Crippen LogP contribution in [0.4, 0.5) is 20.6 Å². The summed E-state index contributed by atoms with van der Waals surface area (Å²) >= 11 is 13.3. The number of hydrogen-bond donors (Lipinski definition) is 2. The van der Waals surface area contributed by atoms with Crippen LogP contribution in [0.1, 0.15) is 33.6 Å². The molecule has 1 fully saturated rings. The number of piperidine rings is 1. The van der Waals surface area contributed by atoms with Gasteiger partial charge in [-0.1, -0.05) is 34.5 Å². The zero-order chi connectivity index (χ0) is 22.7. The van der Waals surface area contributed by atoms with E-state index in [9.17, 15) is 14.0 Å². The molecule has 0 bridgehead atoms. The molecule has 2 N–H and O–H groups in total. The number of urea groups is 1. The van der Waals surface area contributed by atoms with E-state index in [1.165, 1.54) is 35.6 Å². The van der Waals surface area contributed by atoms with Crippen LogP contribution >= 0.6 is 34.5 Å². The molecule has 1 aliphatic rings. The summed E-state index contributed by atoms with van der Waals surface area (Å²) in [5.74, 6) is -0.833. The Balaban J connectivity index is 1.39. The maximum Gasteiger partial charge on any atom is 0.321 e. The molecule has 1 atom stereocenters. The van der Waals surface area contributed by atoms with Gasteiger partial charge < -0.3 is 15.5 Å². The first-order valence-electron chi connectivity index (χ1n) is 9.80. The van der Waals surface area contributed by atoms with Gasteiger partial charge in [0.2, 0.25) is 5.01 Å². The van der Waals surface area contributed by atoms with Crippen molar-refractivity contribution in [1.82, 2.24) is 15.1 Å². The zero-order valence-corrected chi connectivity index (χ0v) is 19.0. The predicted octanol–water partition coefficient (Wildman–Crippen LogP) is 5.65. The maximum atomic E-state index is 13.0. The van der Waals surface area contributed by atoms with Crippen molar-refractivity contribution >= 4 is 57.9 Å². The fourth-order valence-corrected chi connectivity index (χ4v) is 4.56. The number of carbonyl (C=O) groups excluding carboxylic acids is 2. The SMILES string of the molecule is O=C(Nc1ccc(F)cc1)c1nnc([C@@H]2CCCN(C(=O)Nc3cc(Cl)ccc3Cl)C2)s1. The van der Waals surface area contributed by atoms with Crippen LogP contribution in [0.25, 0.3) is 0 Å². The lowest BCUT2D eigenvalue weighted by Crippen LogP contribution is -2.41. The van der Waals surface area contributed by atoms with Gasteiger partial charge in [-0.15, -0.1) is 10.2 Å². The molecule has 1 aliphatic heterocycles. The molecule has 0 aliphatic carbocycles. The molecule has 2 heterocycles. The lowest BCUT2D eigenvalue weighted by atomic mass is 9.99. The number of hydrogen-bond acceptors (Lipinski definition) is 5. The van der Waals surface area contributed by atoms with E-state index in [4.69, 9.17) is 23.2 Å². The maximum absolute atomic E-state index is 13.0. The van der Waals surface area contributed by atoms with Gasteiger partial charge in [-0.3, -0.25) is 4.79 Å². The second kappa shape index (κ2) is 9.81. The predicted molar refractivity (Wildman–Crippen MR) is 123 cm³/mol. The van der Waals surface area contributed by atoms with Crippen molar-refractivity contribution in [1.29, 1.82) is 0 Å². The molecule has 0 saturated carbocycles. The van der Waals surface area contributed by atoms with Gasteiger partial charge in [-0.2, -0.15) is 0 Å². The molecule has 7 nitrogen and oxygen atoms in total. The summed E-state index contributed by atoms with van der Waals surface area (Å²) in [6, 6.07) is 10.1. The zero-order valence-electron chi connectivity index (χ0n) is 16.6. The van der Waals surface area contributed by atoms with Gasteiger partial charge in [0, 0.05) is 29.7 Å². The number of aromatic nitrogens is 2. The number of benzene rings is 2. The molecule has 0 unspecified atom stereocenters. The Hall–Kier alpha value is -2.75. The van der Waals surface area contributed by atoms with Crippen LogP contribution in [0.2, 0.25) is 10.0 Å². The molecule has 166 valence electrons. The molecular weight excluding hydrogens is 476 g/mol. The Morgan fingerprint density at radius 3 is 2.66 bits per heavy atom. The Labute approximate surface area is 197 Å². The van der Waals surface area contributed by atoms with Crippen molar-refractivity contribution in [3.05, 3.63) is 68.3 Å². The largest absolute Gasteiger partial charge is 0.324 e. The van der Waals surface area contributed by atoms with Crippen LogP contribution in [-0.2, 0) is 0 Å². The first-order chi connectivity index (χ1) is 15.4. The van der Waals surface area contributed by atoms with E-state index >= 15 is 0 Å². The van der Waals surface area contributed by atoms with Gasteiger partial charge in [-0.05, 0) is 55.3 Å². The summed E-state index contributed by atoms with van der Waals surface area (Å²) < 4.78 is 13.0. The highest BCUT2D eigenvalue weighted by atomic mass is 35.5. The van der Waals surface area contributed by atoms with Gasteiger partial charge in [0.25, 0.3) is 5.91 Å². The van der Waals surface area contributed by atoms with Crippen LogP contribution < -0.4 is 10.6 Å². The van der Waals surface area contributed by atoms with E-state index in [0.29, 0.717) is 39.5 Å². The number of carbonyl (C=O) groups is 2. The monoisotopic (exact) mass is 493 g/mol. The second-order valence-electron chi connectivity index (χ2n) is 7.25. The molecule has 11 heteroatoms. The van der Waals surface area contributed by atoms with Crippen molar-refractivity contribution in [3.63, 3.8) is 0 Å². The first kappa shape index (κ1) is 22.4. The lowest BCUT2D eigenvalue weighted by Gasteiger charge is -2.31. The lowest BCUT2D eigenvalue weighted by molar-refractivity contribution is 0.102. The van der Waals surface area contributed by atoms with E-state index in [2.05, 4.69) is 20.8 Å². The molecule has 32 heavy (non-hydrogen) atoms. The quantitative estimate of drug-likeness (QED) is 0.491. The molecule has 0 radical (unpaired) electrons. The minimum atomic E-state index is -0.415. The van der Waals surface area contributed by atoms with Gasteiger partial charge in [0.15, 0.2) is 0 Å². The minimum absolute atomic E-state index is 0.0331. The molecule has 1 aromatic heterocycles. The Kier molecular flexibility index (Phi) is 6.88. The molecule has 3 amide bonds. The number of halogens is 3. The smallest absolute Gasteiger partial charge is 0.321 e. The number of anilines is 2. The van der Waals surface area contributed by atoms with Crippen molar-refractivity contribution in [2.24, 2.45) is 0 Å². The number of likely N-dealkylation sites (tertiary alicyclic amines) is 1. The molecule has 3 aromatic rings. The number of amides is 3. The molecule has 4 rings (SSSR count). The minimum Gasteiger partial charge on any atom is -0.324 e. The number of rotatable bonds is 4. The van der Waals surface area contributed by atoms with E-state index in [1.807, 2.05) is 0 Å². The van der Waals surface area contributed by atoms with Gasteiger partial charge >= 0.3 is 6.03 Å². The summed E-state index contributed by atoms with van der Waals surface area (Å²) in [6.07, 6.45) is 1.62. The van der Waals surface area contributed by atoms with Crippen LogP contribution in [0, 0.1) is 5.82 Å². The van der Waals surface area contributed by atoms with Crippen molar-refractivity contribution in [2.75, 3.05) is 23.7 Å². The topological polar surface area (TPSA) is 87.2 Å². The van der Waals surface area contributed by atoms with Crippen molar-refractivity contribution in [2.45, 2.75) is 18.8 Å². The van der Waals surface area contributed by atoms with Gasteiger partial charge in [-0.25, -0.2) is 9.18 Å². The van der Waals surface area contributed by atoms with Gasteiger partial charge in [0.1, 0.15) is 10.8 Å². The van der Waals surface area contributed by atoms with Crippen molar-refractivity contribution in [3.8, 4) is 0 Å². The van der Waals surface area contributed by atoms with E-state index < -0.39 is 5.91 Å². The highest BCUT2D eigenvalue weighted by Gasteiger charge is 2.28. The molecule has 2 aromatic carbocycles. The molecule has 1 saturated heterocycles. The second-order valence-corrected chi connectivity index (χ2v) is 9.10. The first-order valence-corrected chi connectivity index (χ1v) is 11.4. The van der Waals surface area contributed by atoms with E-state index in [1.54, 1.807) is 23.1 Å². The Bertz CT molecular complexity index is 1140. The summed E-state index contributed by atoms with van der Waals surface area (Å²) in [4.78, 5) is 26.9. The van der Waals surface area contributed by atoms with Crippen LogP contribution in [0.15, 0.2) is 42.5 Å². The third-order valence-corrected chi connectivity index (χ3v) is 6.61. The van der Waals surface area contributed by atoms with E-state index in [-0.39, 0.29) is 22.8 Å². The van der Waals surface area contributed by atoms with E-state index in [0.717, 1.165) is 12.8 Å².